The average Bonchev–Trinajstić information content (AvgIpc) is 3.42. The molecule has 0 saturated heterocycles. The fourth-order valence-electron chi connectivity index (χ4n) is 3.32. The number of alkyl halides is 3. The molecule has 0 bridgehead atoms. The molecule has 10 heteroatoms. The van der Waals surface area contributed by atoms with Crippen molar-refractivity contribution in [1.82, 2.24) is 14.7 Å². The summed E-state index contributed by atoms with van der Waals surface area (Å²) >= 11 is 0. The number of allylic oxidation sites excluding steroid dienone is 2. The summed E-state index contributed by atoms with van der Waals surface area (Å²) in [5.74, 6) is -1.26. The first kappa shape index (κ1) is 22.4. The fraction of sp³-hybridized carbons (Fsp3) is 0.381. The number of amides is 1. The molecule has 0 spiro atoms. The summed E-state index contributed by atoms with van der Waals surface area (Å²) in [6.45, 7) is 1.80. The van der Waals surface area contributed by atoms with Gasteiger partial charge in [-0.3, -0.25) is 4.79 Å². The van der Waals surface area contributed by atoms with E-state index in [2.05, 4.69) is 5.10 Å². The molecule has 7 nitrogen and oxygen atoms in total. The molecule has 1 aliphatic carbocycles. The smallest absolute Gasteiger partial charge is 0.416 e. The number of nitrogens with zero attached hydrogens (tertiary/aromatic N) is 3. The molecule has 0 aliphatic heterocycles. The minimum absolute atomic E-state index is 0.0145. The number of benzene rings is 1. The summed E-state index contributed by atoms with van der Waals surface area (Å²) in [7, 11) is 1.29. The SMILES string of the molecule is CCN(C(=O)COC(=O)c1nn(-c2cccc(C(F)(F)F)c2)cc1OC)C1=CCCC1. The van der Waals surface area contributed by atoms with Crippen molar-refractivity contribution in [1.29, 1.82) is 0 Å². The van der Waals surface area contributed by atoms with Crippen LogP contribution in [0, 0.1) is 0 Å². The molecule has 1 aromatic carbocycles. The molecule has 0 saturated carbocycles. The summed E-state index contributed by atoms with van der Waals surface area (Å²) in [6, 6.07) is 4.48. The second kappa shape index (κ2) is 9.23. The quantitative estimate of drug-likeness (QED) is 0.613. The molecule has 0 atom stereocenters. The summed E-state index contributed by atoms with van der Waals surface area (Å²) in [6.07, 6.45) is 1.42. The molecule has 3 rings (SSSR count). The van der Waals surface area contributed by atoms with Crippen molar-refractivity contribution in [3.05, 3.63) is 53.5 Å². The Morgan fingerprint density at radius 3 is 2.68 bits per heavy atom. The van der Waals surface area contributed by atoms with Crippen molar-refractivity contribution in [2.24, 2.45) is 0 Å². The van der Waals surface area contributed by atoms with Crippen LogP contribution in [0.1, 0.15) is 42.2 Å². The second-order valence-corrected chi connectivity index (χ2v) is 6.84. The van der Waals surface area contributed by atoms with Crippen molar-refractivity contribution in [3.8, 4) is 11.4 Å². The van der Waals surface area contributed by atoms with Gasteiger partial charge < -0.3 is 14.4 Å². The Morgan fingerprint density at radius 2 is 2.06 bits per heavy atom. The first-order valence-electron chi connectivity index (χ1n) is 9.72. The highest BCUT2D eigenvalue weighted by molar-refractivity contribution is 5.92. The lowest BCUT2D eigenvalue weighted by Gasteiger charge is -2.21. The van der Waals surface area contributed by atoms with Crippen LogP contribution in [0.2, 0.25) is 0 Å². The molecule has 0 unspecified atom stereocenters. The van der Waals surface area contributed by atoms with E-state index in [4.69, 9.17) is 9.47 Å². The molecule has 2 aromatic rings. The van der Waals surface area contributed by atoms with E-state index in [1.54, 1.807) is 4.90 Å². The van der Waals surface area contributed by atoms with E-state index in [9.17, 15) is 22.8 Å². The Morgan fingerprint density at radius 1 is 1.29 bits per heavy atom. The van der Waals surface area contributed by atoms with Crippen molar-refractivity contribution < 1.29 is 32.2 Å². The van der Waals surface area contributed by atoms with E-state index in [-0.39, 0.29) is 23.0 Å². The van der Waals surface area contributed by atoms with Gasteiger partial charge in [0.1, 0.15) is 0 Å². The summed E-state index contributed by atoms with van der Waals surface area (Å²) in [5.41, 5.74) is -0.0885. The Hall–Kier alpha value is -3.30. The van der Waals surface area contributed by atoms with Crippen LogP contribution in [0.25, 0.3) is 5.69 Å². The number of aromatic nitrogens is 2. The van der Waals surface area contributed by atoms with Crippen LogP contribution >= 0.6 is 0 Å². The van der Waals surface area contributed by atoms with E-state index in [0.717, 1.165) is 41.8 Å². The predicted molar refractivity (Wildman–Crippen MR) is 105 cm³/mol. The third kappa shape index (κ3) is 5.07. The van der Waals surface area contributed by atoms with E-state index in [0.29, 0.717) is 6.54 Å². The molecule has 0 fully saturated rings. The van der Waals surface area contributed by atoms with Gasteiger partial charge in [0, 0.05) is 12.2 Å². The van der Waals surface area contributed by atoms with E-state index in [1.807, 2.05) is 13.0 Å². The second-order valence-electron chi connectivity index (χ2n) is 6.84. The molecule has 31 heavy (non-hydrogen) atoms. The molecular formula is C21H22F3N3O4. The molecule has 1 aromatic heterocycles. The molecular weight excluding hydrogens is 415 g/mol. The third-order valence-corrected chi connectivity index (χ3v) is 4.84. The number of methoxy groups -OCH3 is 1. The molecule has 0 radical (unpaired) electrons. The van der Waals surface area contributed by atoms with Gasteiger partial charge in [0.05, 0.1) is 24.6 Å². The number of rotatable bonds is 7. The number of hydrogen-bond acceptors (Lipinski definition) is 5. The summed E-state index contributed by atoms with van der Waals surface area (Å²) in [5, 5.41) is 4.01. The Kier molecular flexibility index (Phi) is 6.67. The first-order chi connectivity index (χ1) is 14.7. The topological polar surface area (TPSA) is 73.7 Å². The van der Waals surface area contributed by atoms with Crippen molar-refractivity contribution in [2.45, 2.75) is 32.4 Å². The van der Waals surface area contributed by atoms with Crippen molar-refractivity contribution in [2.75, 3.05) is 20.3 Å². The molecule has 166 valence electrons. The maximum Gasteiger partial charge on any atom is 0.416 e. The van der Waals surface area contributed by atoms with Crippen LogP contribution in [0.5, 0.6) is 5.75 Å². The Balaban J connectivity index is 1.75. The largest absolute Gasteiger partial charge is 0.493 e. The van der Waals surface area contributed by atoms with Crippen LogP contribution in [0.4, 0.5) is 13.2 Å². The summed E-state index contributed by atoms with van der Waals surface area (Å²) in [4.78, 5) is 26.5. The van der Waals surface area contributed by atoms with Gasteiger partial charge in [-0.1, -0.05) is 12.1 Å². The van der Waals surface area contributed by atoms with Gasteiger partial charge >= 0.3 is 12.1 Å². The minimum atomic E-state index is -4.52. The Labute approximate surface area is 177 Å². The standard InChI is InChI=1S/C21H22F3N3O4/c1-3-26(15-8-4-5-9-15)18(28)13-31-20(29)19-17(30-2)12-27(25-19)16-10-6-7-14(11-16)21(22,23)24/h6-8,10-12H,3-5,9,13H2,1-2H3. The maximum absolute atomic E-state index is 13.0. The average molecular weight is 437 g/mol. The zero-order valence-corrected chi connectivity index (χ0v) is 17.1. The van der Waals surface area contributed by atoms with Crippen LogP contribution < -0.4 is 4.74 Å². The lowest BCUT2D eigenvalue weighted by Crippen LogP contribution is -2.33. The first-order valence-corrected chi connectivity index (χ1v) is 9.72. The Bertz CT molecular complexity index is 998. The van der Waals surface area contributed by atoms with Gasteiger partial charge in [-0.2, -0.15) is 18.3 Å². The van der Waals surface area contributed by atoms with Crippen LogP contribution in [0.15, 0.2) is 42.2 Å². The third-order valence-electron chi connectivity index (χ3n) is 4.84. The highest BCUT2D eigenvalue weighted by atomic mass is 19.4. The van der Waals surface area contributed by atoms with Gasteiger partial charge in [0.15, 0.2) is 12.4 Å². The maximum atomic E-state index is 13.0. The number of hydrogen-bond donors (Lipinski definition) is 0. The zero-order valence-electron chi connectivity index (χ0n) is 17.1. The number of esters is 1. The molecule has 0 N–H and O–H groups in total. The predicted octanol–water partition coefficient (Wildman–Crippen LogP) is 3.97. The van der Waals surface area contributed by atoms with Crippen molar-refractivity contribution >= 4 is 11.9 Å². The van der Waals surface area contributed by atoms with Crippen LogP contribution in [0.3, 0.4) is 0 Å². The van der Waals surface area contributed by atoms with E-state index < -0.39 is 24.3 Å². The van der Waals surface area contributed by atoms with Gasteiger partial charge in [-0.25, -0.2) is 9.48 Å². The lowest BCUT2D eigenvalue weighted by atomic mass is 10.2. The van der Waals surface area contributed by atoms with Crippen LogP contribution in [-0.4, -0.2) is 46.8 Å². The van der Waals surface area contributed by atoms with Gasteiger partial charge in [-0.05, 0) is 44.4 Å². The molecule has 1 heterocycles. The highest BCUT2D eigenvalue weighted by Gasteiger charge is 2.31. The number of likely N-dealkylation sites (N-methyl/N-ethyl adjacent to an activating group) is 1. The van der Waals surface area contributed by atoms with Gasteiger partial charge in [0.25, 0.3) is 5.91 Å². The highest BCUT2D eigenvalue weighted by Crippen LogP contribution is 2.31. The molecule has 1 amide bonds. The van der Waals surface area contributed by atoms with Gasteiger partial charge in [-0.15, -0.1) is 0 Å². The number of carbonyl (C=O) groups is 2. The summed E-state index contributed by atoms with van der Waals surface area (Å²) < 4.78 is 50.2. The van der Waals surface area contributed by atoms with Crippen LogP contribution in [-0.2, 0) is 15.7 Å². The molecule has 1 aliphatic rings. The van der Waals surface area contributed by atoms with Crippen molar-refractivity contribution in [3.63, 3.8) is 0 Å². The minimum Gasteiger partial charge on any atom is -0.493 e. The lowest BCUT2D eigenvalue weighted by molar-refractivity contribution is -0.137. The number of carbonyl (C=O) groups excluding carboxylic acids is 2. The zero-order chi connectivity index (χ0) is 22.6. The van der Waals surface area contributed by atoms with Gasteiger partial charge in [0.2, 0.25) is 5.69 Å². The number of ether oxygens (including phenoxy) is 2. The van der Waals surface area contributed by atoms with E-state index >= 15 is 0 Å². The monoisotopic (exact) mass is 437 g/mol. The normalized spacial score (nSPS) is 13.6. The number of halogens is 3. The fourth-order valence-corrected chi connectivity index (χ4v) is 3.32. The van der Waals surface area contributed by atoms with E-state index in [1.165, 1.54) is 25.4 Å².